The molecule has 6 nitrogen and oxygen atoms in total. The zero-order valence-electron chi connectivity index (χ0n) is 8.80. The average Bonchev–Trinajstić information content (AvgIpc) is 2.74. The van der Waals surface area contributed by atoms with Gasteiger partial charge in [-0.2, -0.15) is 0 Å². The Bertz CT molecular complexity index is 482. The number of aromatic nitrogens is 2. The van der Waals surface area contributed by atoms with Crippen molar-refractivity contribution in [1.29, 1.82) is 0 Å². The maximum absolute atomic E-state index is 11.4. The van der Waals surface area contributed by atoms with E-state index < -0.39 is 0 Å². The lowest BCUT2D eigenvalue weighted by Crippen LogP contribution is -2.36. The minimum atomic E-state index is 0.235. The van der Waals surface area contributed by atoms with E-state index in [1.54, 1.807) is 25.3 Å². The Morgan fingerprint density at radius 1 is 1.62 bits per heavy atom. The summed E-state index contributed by atoms with van der Waals surface area (Å²) in [5.74, 6) is 1.33. The van der Waals surface area contributed by atoms with Crippen molar-refractivity contribution >= 4 is 11.6 Å². The van der Waals surface area contributed by atoms with Crippen LogP contribution >= 0.6 is 0 Å². The number of hydrogen-bond donors (Lipinski definition) is 2. The molecular formula is C10H12N4O2. The van der Waals surface area contributed by atoms with E-state index in [4.69, 9.17) is 10.2 Å². The number of nitrogens with zero attached hydrogens (tertiary/aromatic N) is 2. The van der Waals surface area contributed by atoms with Crippen LogP contribution in [0.4, 0.5) is 11.6 Å². The van der Waals surface area contributed by atoms with Gasteiger partial charge in [0.15, 0.2) is 5.82 Å². The summed E-state index contributed by atoms with van der Waals surface area (Å²) >= 11 is 0. The van der Waals surface area contributed by atoms with Crippen LogP contribution in [0.3, 0.4) is 0 Å². The molecule has 0 spiro atoms. The number of anilines is 2. The molecule has 0 radical (unpaired) electrons. The zero-order chi connectivity index (χ0) is 11.5. The van der Waals surface area contributed by atoms with Gasteiger partial charge in [-0.25, -0.2) is 0 Å². The van der Waals surface area contributed by atoms with Crippen molar-refractivity contribution in [2.75, 3.05) is 11.1 Å². The first kappa shape index (κ1) is 10.3. The molecule has 0 atom stereocenters. The van der Waals surface area contributed by atoms with Gasteiger partial charge in [0.2, 0.25) is 0 Å². The van der Waals surface area contributed by atoms with Crippen molar-refractivity contribution in [3.63, 3.8) is 0 Å². The summed E-state index contributed by atoms with van der Waals surface area (Å²) in [6.07, 6.45) is 1.58. The van der Waals surface area contributed by atoms with E-state index >= 15 is 0 Å². The van der Waals surface area contributed by atoms with Crippen molar-refractivity contribution in [2.24, 2.45) is 0 Å². The summed E-state index contributed by atoms with van der Waals surface area (Å²) in [5.41, 5.74) is 6.26. The Hall–Kier alpha value is -2.24. The number of rotatable bonds is 3. The van der Waals surface area contributed by atoms with E-state index in [9.17, 15) is 5.21 Å². The van der Waals surface area contributed by atoms with Crippen LogP contribution in [-0.4, -0.2) is 5.10 Å². The van der Waals surface area contributed by atoms with Crippen LogP contribution in [0.2, 0.25) is 0 Å². The molecule has 6 heteroatoms. The van der Waals surface area contributed by atoms with E-state index in [0.29, 0.717) is 17.2 Å². The first-order valence-corrected chi connectivity index (χ1v) is 4.80. The average molecular weight is 220 g/mol. The van der Waals surface area contributed by atoms with Crippen LogP contribution in [0, 0.1) is 12.1 Å². The molecule has 0 amide bonds. The molecule has 0 saturated carbocycles. The molecule has 2 rings (SSSR count). The maximum atomic E-state index is 11.4. The lowest BCUT2D eigenvalue weighted by Gasteiger charge is -2.08. The largest absolute Gasteiger partial charge is 0.691 e. The SMILES string of the molecule is Cc1cc(NCc2ccco2)[n+]([O-])nc1N. The highest BCUT2D eigenvalue weighted by Gasteiger charge is 2.09. The van der Waals surface area contributed by atoms with Gasteiger partial charge in [-0.15, -0.1) is 4.85 Å². The number of nitrogens with one attached hydrogen (secondary N) is 1. The highest BCUT2D eigenvalue weighted by atomic mass is 16.5. The van der Waals surface area contributed by atoms with E-state index in [1.807, 2.05) is 6.07 Å². The fourth-order valence-electron chi connectivity index (χ4n) is 1.27. The van der Waals surface area contributed by atoms with Crippen LogP contribution in [-0.2, 0) is 6.54 Å². The minimum Gasteiger partial charge on any atom is -0.691 e. The van der Waals surface area contributed by atoms with Gasteiger partial charge in [-0.05, 0) is 19.1 Å². The molecule has 0 aromatic carbocycles. The molecule has 2 aromatic heterocycles. The molecule has 0 aliphatic carbocycles. The van der Waals surface area contributed by atoms with Gasteiger partial charge in [0.05, 0.1) is 6.26 Å². The van der Waals surface area contributed by atoms with E-state index in [0.717, 1.165) is 11.3 Å². The lowest BCUT2D eigenvalue weighted by molar-refractivity contribution is -0.653. The van der Waals surface area contributed by atoms with Crippen LogP contribution in [0.5, 0.6) is 0 Å². The first-order chi connectivity index (χ1) is 7.66. The smallest absolute Gasteiger partial charge is 0.299 e. The third kappa shape index (κ3) is 2.05. The number of aryl methyl sites for hydroxylation is 1. The highest BCUT2D eigenvalue weighted by molar-refractivity contribution is 5.42. The van der Waals surface area contributed by atoms with Gasteiger partial charge >= 0.3 is 0 Å². The van der Waals surface area contributed by atoms with E-state index in [1.165, 1.54) is 0 Å². The van der Waals surface area contributed by atoms with Gasteiger partial charge in [0, 0.05) is 11.6 Å². The van der Waals surface area contributed by atoms with Gasteiger partial charge in [0.25, 0.3) is 5.82 Å². The molecular weight excluding hydrogens is 208 g/mol. The van der Waals surface area contributed by atoms with Crippen molar-refractivity contribution in [3.8, 4) is 0 Å². The monoisotopic (exact) mass is 220 g/mol. The predicted octanol–water partition coefficient (Wildman–Crippen LogP) is 0.811. The summed E-state index contributed by atoms with van der Waals surface area (Å²) in [4.78, 5) is 0.464. The fraction of sp³-hybridized carbons (Fsp3) is 0.200. The third-order valence-corrected chi connectivity index (χ3v) is 2.19. The predicted molar refractivity (Wildman–Crippen MR) is 58.4 cm³/mol. The highest BCUT2D eigenvalue weighted by Crippen LogP contribution is 2.10. The summed E-state index contributed by atoms with van der Waals surface area (Å²) in [7, 11) is 0. The Labute approximate surface area is 92.3 Å². The molecule has 2 heterocycles. The van der Waals surface area contributed by atoms with Crippen LogP contribution in [0.1, 0.15) is 11.3 Å². The van der Waals surface area contributed by atoms with Gasteiger partial charge in [-0.1, -0.05) is 5.10 Å². The topological polar surface area (TPSA) is 91.0 Å². The second kappa shape index (κ2) is 4.09. The standard InChI is InChI=1S/C10H12N4O2/c1-7-5-9(14(15)13-10(7)11)12-6-8-3-2-4-16-8/h2-5,12H,6H2,1H3,(H2,11,13). The number of nitrogen functional groups attached to an aromatic ring is 1. The van der Waals surface area contributed by atoms with Crippen molar-refractivity contribution in [2.45, 2.75) is 13.5 Å². The molecule has 0 aliphatic heterocycles. The molecule has 0 aliphatic rings. The number of hydrogen-bond acceptors (Lipinski definition) is 5. The first-order valence-electron chi connectivity index (χ1n) is 4.80. The summed E-state index contributed by atoms with van der Waals surface area (Å²) in [5, 5.41) is 17.9. The quantitative estimate of drug-likeness (QED) is 0.590. The Morgan fingerprint density at radius 3 is 3.12 bits per heavy atom. The molecule has 3 N–H and O–H groups in total. The summed E-state index contributed by atoms with van der Waals surface area (Å²) in [6, 6.07) is 5.26. The van der Waals surface area contributed by atoms with Crippen LogP contribution in [0.15, 0.2) is 28.9 Å². The van der Waals surface area contributed by atoms with Gasteiger partial charge in [-0.3, -0.25) is 5.32 Å². The maximum Gasteiger partial charge on any atom is 0.299 e. The number of furan rings is 1. The second-order valence-electron chi connectivity index (χ2n) is 3.40. The molecule has 2 aromatic rings. The summed E-state index contributed by atoms with van der Waals surface area (Å²) in [6.45, 7) is 2.22. The van der Waals surface area contributed by atoms with E-state index in [2.05, 4.69) is 10.4 Å². The molecule has 0 unspecified atom stereocenters. The molecule has 0 saturated heterocycles. The van der Waals surface area contributed by atoms with Crippen molar-refractivity contribution < 1.29 is 9.26 Å². The minimum absolute atomic E-state index is 0.235. The zero-order valence-corrected chi connectivity index (χ0v) is 8.80. The Balaban J connectivity index is 2.12. The Kier molecular flexibility index (Phi) is 2.63. The lowest BCUT2D eigenvalue weighted by atomic mass is 10.3. The second-order valence-corrected chi connectivity index (χ2v) is 3.40. The Morgan fingerprint density at radius 2 is 2.44 bits per heavy atom. The number of nitrogens with two attached hydrogens (primary N) is 1. The van der Waals surface area contributed by atoms with Gasteiger partial charge < -0.3 is 15.4 Å². The molecule has 0 bridgehead atoms. The molecule has 16 heavy (non-hydrogen) atoms. The summed E-state index contributed by atoms with van der Waals surface area (Å²) < 4.78 is 5.13. The molecule has 0 fully saturated rings. The normalized spacial score (nSPS) is 10.3. The van der Waals surface area contributed by atoms with Crippen molar-refractivity contribution in [3.05, 3.63) is 41.0 Å². The third-order valence-electron chi connectivity index (χ3n) is 2.19. The van der Waals surface area contributed by atoms with E-state index in [-0.39, 0.29) is 5.82 Å². The fourth-order valence-corrected chi connectivity index (χ4v) is 1.27. The van der Waals surface area contributed by atoms with Crippen LogP contribution in [0.25, 0.3) is 0 Å². The van der Waals surface area contributed by atoms with Crippen molar-refractivity contribution in [1.82, 2.24) is 5.10 Å². The van der Waals surface area contributed by atoms with Crippen LogP contribution < -0.4 is 15.9 Å². The van der Waals surface area contributed by atoms with Gasteiger partial charge in [0.1, 0.15) is 12.3 Å². The molecule has 84 valence electrons.